The average Bonchev–Trinajstić information content (AvgIpc) is 1.36. The molecule has 0 saturated carbocycles. The van der Waals surface area contributed by atoms with Crippen molar-refractivity contribution in [3.8, 4) is 0 Å². The number of rotatable bonds is 0. The molecular formula is H3ClCuO5S. The molecule has 0 amide bonds. The van der Waals surface area contributed by atoms with Crippen LogP contribution >= 0.6 is 11.9 Å². The predicted molar refractivity (Wildman–Crippen MR) is 22.2 cm³/mol. The second-order valence-electron chi connectivity index (χ2n) is 0.448. The first-order valence-electron chi connectivity index (χ1n) is 0.868. The van der Waals surface area contributed by atoms with Gasteiger partial charge in [-0.1, -0.05) is 0 Å². The molecule has 8 heteroatoms. The molecule has 0 spiro atoms. The molecule has 0 atom stereocenters. The molecule has 0 rings (SSSR count). The van der Waals surface area contributed by atoms with Gasteiger partial charge in [-0.15, -0.1) is 0 Å². The quantitative estimate of drug-likeness (QED) is 0.372. The SMILES string of the molecule is O=S(=O)(O)O.OCl.[Cu]. The zero-order valence-electron chi connectivity index (χ0n) is 3.25. The Morgan fingerprint density at radius 3 is 1.12 bits per heavy atom. The van der Waals surface area contributed by atoms with Crippen LogP contribution in [0, 0.1) is 0 Å². The van der Waals surface area contributed by atoms with Gasteiger partial charge in [0, 0.05) is 17.1 Å². The van der Waals surface area contributed by atoms with Crippen LogP contribution in [0.4, 0.5) is 0 Å². The molecular weight excluding hydrogens is 211 g/mol. The third kappa shape index (κ3) is 516. The van der Waals surface area contributed by atoms with Gasteiger partial charge in [0.25, 0.3) is 0 Å². The first-order chi connectivity index (χ1) is 3.00. The fraction of sp³-hybridized carbons (Fsp3) is 0. The van der Waals surface area contributed by atoms with E-state index in [1.54, 1.807) is 0 Å². The number of hydrogen-bond donors (Lipinski definition) is 3. The van der Waals surface area contributed by atoms with Crippen molar-refractivity contribution in [2.24, 2.45) is 0 Å². The molecule has 57 valence electrons. The molecule has 0 aromatic carbocycles. The molecule has 1 radical (unpaired) electrons. The normalized spacial score (nSPS) is 8.00. The van der Waals surface area contributed by atoms with Gasteiger partial charge in [-0.2, -0.15) is 8.42 Å². The van der Waals surface area contributed by atoms with Crippen molar-refractivity contribution in [1.82, 2.24) is 0 Å². The molecule has 0 aliphatic rings. The summed E-state index contributed by atoms with van der Waals surface area (Å²) in [5.74, 6) is 0. The van der Waals surface area contributed by atoms with Gasteiger partial charge in [-0.05, 0) is 0 Å². The first-order valence-corrected chi connectivity index (χ1v) is 2.60. The zero-order chi connectivity index (χ0) is 6.50. The Bertz CT molecular complexity index is 95.6. The molecule has 0 fully saturated rings. The van der Waals surface area contributed by atoms with E-state index in [1.165, 1.54) is 0 Å². The number of halogens is 1. The zero-order valence-corrected chi connectivity index (χ0v) is 5.76. The molecule has 0 unspecified atom stereocenters. The Labute approximate surface area is 61.9 Å². The molecule has 0 aliphatic carbocycles. The first kappa shape index (κ1) is 15.9. The molecule has 0 bridgehead atoms. The molecule has 0 heterocycles. The number of hydrogen-bond acceptors (Lipinski definition) is 3. The minimum atomic E-state index is -4.67. The van der Waals surface area contributed by atoms with Gasteiger partial charge in [0.1, 0.15) is 0 Å². The Hall–Kier alpha value is 0.639. The summed E-state index contributed by atoms with van der Waals surface area (Å²) in [4.78, 5) is 0. The van der Waals surface area contributed by atoms with Gasteiger partial charge >= 0.3 is 10.4 Å². The van der Waals surface area contributed by atoms with Crippen molar-refractivity contribution in [1.29, 1.82) is 0 Å². The second kappa shape index (κ2) is 7.64. The summed E-state index contributed by atoms with van der Waals surface area (Å²) in [5.41, 5.74) is 0. The molecule has 0 aromatic rings. The van der Waals surface area contributed by atoms with E-state index in [-0.39, 0.29) is 17.1 Å². The molecule has 3 N–H and O–H groups in total. The van der Waals surface area contributed by atoms with Crippen LogP contribution in [-0.4, -0.2) is 22.2 Å². The maximum Gasteiger partial charge on any atom is 0.394 e. The van der Waals surface area contributed by atoms with Crippen molar-refractivity contribution in [3.05, 3.63) is 0 Å². The Morgan fingerprint density at radius 1 is 1.12 bits per heavy atom. The van der Waals surface area contributed by atoms with E-state index < -0.39 is 10.4 Å². The van der Waals surface area contributed by atoms with E-state index in [0.29, 0.717) is 0 Å². The van der Waals surface area contributed by atoms with Crippen molar-refractivity contribution >= 4 is 22.3 Å². The van der Waals surface area contributed by atoms with Crippen molar-refractivity contribution in [3.63, 3.8) is 0 Å². The van der Waals surface area contributed by atoms with E-state index in [9.17, 15) is 0 Å². The Kier molecular flexibility index (Phi) is 15.1. The summed E-state index contributed by atoms with van der Waals surface area (Å²) < 4.78 is 38.1. The van der Waals surface area contributed by atoms with Crippen LogP contribution in [0.15, 0.2) is 0 Å². The van der Waals surface area contributed by atoms with Gasteiger partial charge in [-0.3, -0.25) is 13.8 Å². The minimum absolute atomic E-state index is 0. The fourth-order valence-electron chi connectivity index (χ4n) is 0. The third-order valence-corrected chi connectivity index (χ3v) is 0. The van der Waals surface area contributed by atoms with Crippen molar-refractivity contribution < 1.29 is 39.3 Å². The maximum atomic E-state index is 8.74. The second-order valence-corrected chi connectivity index (χ2v) is 1.34. The molecule has 0 saturated heterocycles. The van der Waals surface area contributed by atoms with Crippen LogP contribution in [0.1, 0.15) is 0 Å². The molecule has 0 aliphatic heterocycles. The average molecular weight is 214 g/mol. The summed E-state index contributed by atoms with van der Waals surface area (Å²) in [6.45, 7) is 0. The van der Waals surface area contributed by atoms with Gasteiger partial charge in [0.05, 0.1) is 11.9 Å². The molecule has 5 nitrogen and oxygen atoms in total. The van der Waals surface area contributed by atoms with Gasteiger partial charge in [0.2, 0.25) is 0 Å². The van der Waals surface area contributed by atoms with E-state index in [2.05, 4.69) is 11.9 Å². The summed E-state index contributed by atoms with van der Waals surface area (Å²) in [6.07, 6.45) is 0. The van der Waals surface area contributed by atoms with Crippen LogP contribution in [0.25, 0.3) is 0 Å². The smallest absolute Gasteiger partial charge is 0.295 e. The van der Waals surface area contributed by atoms with Gasteiger partial charge < -0.3 is 0 Å². The van der Waals surface area contributed by atoms with E-state index >= 15 is 0 Å². The molecule has 0 aromatic heterocycles. The summed E-state index contributed by atoms with van der Waals surface area (Å²) in [5, 5.41) is 0. The van der Waals surface area contributed by atoms with E-state index in [0.717, 1.165) is 0 Å². The standard InChI is InChI=1S/ClHO.Cu.H2O4S/c1-2;;1-5(2,3)4/h2H;;(H2,1,2,3,4). The van der Waals surface area contributed by atoms with Crippen LogP contribution in [0.5, 0.6) is 0 Å². The minimum Gasteiger partial charge on any atom is -0.295 e. The molecule has 8 heavy (non-hydrogen) atoms. The van der Waals surface area contributed by atoms with E-state index in [1.807, 2.05) is 0 Å². The van der Waals surface area contributed by atoms with Crippen LogP contribution in [0.3, 0.4) is 0 Å². The summed E-state index contributed by atoms with van der Waals surface area (Å²) >= 11 is 3.64. The largest absolute Gasteiger partial charge is 0.394 e. The van der Waals surface area contributed by atoms with E-state index in [4.69, 9.17) is 22.2 Å². The third-order valence-electron chi connectivity index (χ3n) is 0. The summed E-state index contributed by atoms with van der Waals surface area (Å²) in [6, 6.07) is 0. The monoisotopic (exact) mass is 213 g/mol. The predicted octanol–water partition coefficient (Wildman–Crippen LogP) is -0.523. The van der Waals surface area contributed by atoms with Crippen LogP contribution < -0.4 is 0 Å². The fourth-order valence-corrected chi connectivity index (χ4v) is 0. The van der Waals surface area contributed by atoms with Crippen LogP contribution in [-0.2, 0) is 27.5 Å². The Morgan fingerprint density at radius 2 is 1.12 bits per heavy atom. The van der Waals surface area contributed by atoms with Crippen molar-refractivity contribution in [2.75, 3.05) is 0 Å². The van der Waals surface area contributed by atoms with Crippen molar-refractivity contribution in [2.45, 2.75) is 0 Å². The van der Waals surface area contributed by atoms with Gasteiger partial charge in [-0.25, -0.2) is 0 Å². The summed E-state index contributed by atoms with van der Waals surface area (Å²) in [7, 11) is -4.67. The van der Waals surface area contributed by atoms with Crippen LogP contribution in [0.2, 0.25) is 0 Å². The van der Waals surface area contributed by atoms with Gasteiger partial charge in [0.15, 0.2) is 0 Å². The topological polar surface area (TPSA) is 94.8 Å². The Balaban J connectivity index is -0.0000000750. The maximum absolute atomic E-state index is 8.74.